The number of ketones is 1. The molecule has 6 heteroatoms. The van der Waals surface area contributed by atoms with E-state index in [1.165, 1.54) is 11.3 Å². The highest BCUT2D eigenvalue weighted by molar-refractivity contribution is 7.13. The molecule has 2 aromatic rings. The van der Waals surface area contributed by atoms with Gasteiger partial charge in [-0.2, -0.15) is 0 Å². The zero-order valence-electron chi connectivity index (χ0n) is 8.68. The third-order valence-electron chi connectivity index (χ3n) is 2.14. The molecule has 0 atom stereocenters. The first kappa shape index (κ1) is 9.97. The largest absolute Gasteiger partial charge is 0.312 e. The van der Waals surface area contributed by atoms with Gasteiger partial charge in [-0.15, -0.1) is 21.5 Å². The van der Waals surface area contributed by atoms with Crippen LogP contribution >= 0.6 is 11.3 Å². The summed E-state index contributed by atoms with van der Waals surface area (Å²) in [6.45, 7) is 3.67. The van der Waals surface area contributed by atoms with Crippen LogP contribution in [0.3, 0.4) is 0 Å². The lowest BCUT2D eigenvalue weighted by atomic mass is 10.3. The molecule has 0 bridgehead atoms. The highest BCUT2D eigenvalue weighted by Crippen LogP contribution is 2.15. The van der Waals surface area contributed by atoms with Crippen molar-refractivity contribution in [2.75, 3.05) is 0 Å². The molecule has 0 aliphatic carbocycles. The highest BCUT2D eigenvalue weighted by Gasteiger charge is 2.18. The lowest BCUT2D eigenvalue weighted by Crippen LogP contribution is -2.08. The van der Waals surface area contributed by atoms with Gasteiger partial charge in [0.1, 0.15) is 5.82 Å². The lowest BCUT2D eigenvalue weighted by molar-refractivity contribution is 0.102. The Morgan fingerprint density at radius 1 is 1.40 bits per heavy atom. The molecular weight excluding hydrogens is 212 g/mol. The first-order chi connectivity index (χ1) is 7.09. The Hall–Kier alpha value is -1.56. The van der Waals surface area contributed by atoms with Gasteiger partial charge < -0.3 is 4.57 Å². The van der Waals surface area contributed by atoms with Gasteiger partial charge in [-0.1, -0.05) is 0 Å². The van der Waals surface area contributed by atoms with Crippen LogP contribution in [0.25, 0.3) is 0 Å². The van der Waals surface area contributed by atoms with Crippen LogP contribution < -0.4 is 0 Å². The molecule has 0 N–H and O–H groups in total. The van der Waals surface area contributed by atoms with Crippen molar-refractivity contribution in [3.63, 3.8) is 0 Å². The molecule has 0 saturated heterocycles. The Labute approximate surface area is 90.8 Å². The number of thiazole rings is 1. The Morgan fingerprint density at radius 2 is 2.13 bits per heavy atom. The van der Waals surface area contributed by atoms with Crippen LogP contribution in [0.4, 0.5) is 0 Å². The van der Waals surface area contributed by atoms with Crippen LogP contribution in [0.1, 0.15) is 26.3 Å². The van der Waals surface area contributed by atoms with Crippen LogP contribution in [0.5, 0.6) is 0 Å². The fraction of sp³-hybridized carbons (Fsp3) is 0.333. The number of rotatable bonds is 2. The van der Waals surface area contributed by atoms with Gasteiger partial charge in [0.2, 0.25) is 11.6 Å². The summed E-state index contributed by atoms with van der Waals surface area (Å²) in [6, 6.07) is 0. The molecule has 0 fully saturated rings. The van der Waals surface area contributed by atoms with Gasteiger partial charge in [0.05, 0.1) is 9.88 Å². The second-order valence-corrected chi connectivity index (χ2v) is 4.44. The highest BCUT2D eigenvalue weighted by atomic mass is 32.1. The summed E-state index contributed by atoms with van der Waals surface area (Å²) in [5.74, 6) is 0.958. The third kappa shape index (κ3) is 1.68. The average molecular weight is 222 g/mol. The van der Waals surface area contributed by atoms with E-state index in [1.54, 1.807) is 17.8 Å². The standard InChI is InChI=1S/C9H10N4OS/c1-5-11-12-9(13(5)3)8(14)7-4-10-6(2)15-7/h4H,1-3H3. The normalized spacial score (nSPS) is 10.6. The Balaban J connectivity index is 2.41. The van der Waals surface area contributed by atoms with Crippen molar-refractivity contribution in [3.8, 4) is 0 Å². The van der Waals surface area contributed by atoms with Crippen LogP contribution in [-0.4, -0.2) is 25.5 Å². The second-order valence-electron chi connectivity index (χ2n) is 3.20. The van der Waals surface area contributed by atoms with Gasteiger partial charge >= 0.3 is 0 Å². The molecule has 15 heavy (non-hydrogen) atoms. The molecule has 0 saturated carbocycles. The molecule has 0 aliphatic rings. The minimum Gasteiger partial charge on any atom is -0.312 e. The van der Waals surface area contributed by atoms with Crippen molar-refractivity contribution in [2.24, 2.45) is 7.05 Å². The number of aromatic nitrogens is 4. The van der Waals surface area contributed by atoms with E-state index < -0.39 is 0 Å². The number of nitrogens with zero attached hydrogens (tertiary/aromatic N) is 4. The van der Waals surface area contributed by atoms with E-state index in [2.05, 4.69) is 15.2 Å². The van der Waals surface area contributed by atoms with E-state index in [0.717, 1.165) is 10.8 Å². The van der Waals surface area contributed by atoms with Crippen molar-refractivity contribution in [1.82, 2.24) is 19.7 Å². The van der Waals surface area contributed by atoms with Crippen LogP contribution in [0.2, 0.25) is 0 Å². The quantitative estimate of drug-likeness (QED) is 0.714. The third-order valence-corrected chi connectivity index (χ3v) is 3.05. The fourth-order valence-electron chi connectivity index (χ4n) is 1.18. The summed E-state index contributed by atoms with van der Waals surface area (Å²) in [5.41, 5.74) is 0. The van der Waals surface area contributed by atoms with Gasteiger partial charge in [0.15, 0.2) is 0 Å². The van der Waals surface area contributed by atoms with Crippen LogP contribution in [0, 0.1) is 13.8 Å². The maximum atomic E-state index is 11.9. The molecule has 78 valence electrons. The monoisotopic (exact) mass is 222 g/mol. The van der Waals surface area contributed by atoms with Crippen molar-refractivity contribution < 1.29 is 4.79 Å². The van der Waals surface area contributed by atoms with E-state index in [4.69, 9.17) is 0 Å². The van der Waals surface area contributed by atoms with Gasteiger partial charge in [-0.3, -0.25) is 4.79 Å². The van der Waals surface area contributed by atoms with E-state index in [0.29, 0.717) is 10.7 Å². The smallest absolute Gasteiger partial charge is 0.241 e. The number of aryl methyl sites for hydroxylation is 2. The Morgan fingerprint density at radius 3 is 2.60 bits per heavy atom. The number of hydrogen-bond donors (Lipinski definition) is 0. The molecule has 0 spiro atoms. The van der Waals surface area contributed by atoms with Gasteiger partial charge in [-0.05, 0) is 13.8 Å². The SMILES string of the molecule is Cc1ncc(C(=O)c2nnc(C)n2C)s1. The van der Waals surface area contributed by atoms with E-state index in [1.807, 2.05) is 13.8 Å². The van der Waals surface area contributed by atoms with Crippen molar-refractivity contribution in [1.29, 1.82) is 0 Å². The van der Waals surface area contributed by atoms with Crippen molar-refractivity contribution in [2.45, 2.75) is 13.8 Å². The lowest BCUT2D eigenvalue weighted by Gasteiger charge is -1.97. The molecule has 2 aromatic heterocycles. The molecular formula is C9H10N4OS. The predicted molar refractivity (Wildman–Crippen MR) is 56.0 cm³/mol. The molecule has 2 rings (SSSR count). The van der Waals surface area contributed by atoms with E-state index in [9.17, 15) is 4.79 Å². The first-order valence-electron chi connectivity index (χ1n) is 4.42. The van der Waals surface area contributed by atoms with Crippen molar-refractivity contribution in [3.05, 3.63) is 27.7 Å². The number of carbonyl (C=O) groups excluding carboxylic acids is 1. The van der Waals surface area contributed by atoms with Crippen molar-refractivity contribution >= 4 is 17.1 Å². The average Bonchev–Trinajstić information content (AvgIpc) is 2.75. The second kappa shape index (κ2) is 3.54. The Bertz CT molecular complexity index is 514. The van der Waals surface area contributed by atoms with Gasteiger partial charge in [0.25, 0.3) is 0 Å². The molecule has 0 aliphatic heterocycles. The summed E-state index contributed by atoms with van der Waals surface area (Å²) >= 11 is 1.37. The van der Waals surface area contributed by atoms with Gasteiger partial charge in [-0.25, -0.2) is 4.98 Å². The molecule has 5 nitrogen and oxygen atoms in total. The maximum Gasteiger partial charge on any atom is 0.241 e. The molecule has 2 heterocycles. The van der Waals surface area contributed by atoms with Crippen LogP contribution in [0.15, 0.2) is 6.20 Å². The zero-order chi connectivity index (χ0) is 11.0. The van der Waals surface area contributed by atoms with E-state index in [-0.39, 0.29) is 5.78 Å². The minimum atomic E-state index is -0.122. The van der Waals surface area contributed by atoms with Gasteiger partial charge in [0, 0.05) is 13.2 Å². The molecule has 0 aromatic carbocycles. The molecule has 0 radical (unpaired) electrons. The summed E-state index contributed by atoms with van der Waals surface area (Å²) in [4.78, 5) is 16.6. The topological polar surface area (TPSA) is 60.7 Å². The number of carbonyl (C=O) groups is 1. The predicted octanol–water partition coefficient (Wildman–Crippen LogP) is 1.12. The van der Waals surface area contributed by atoms with Crippen LogP contribution in [-0.2, 0) is 7.05 Å². The molecule has 0 unspecified atom stereocenters. The summed E-state index contributed by atoms with van der Waals surface area (Å²) in [6.07, 6.45) is 1.58. The summed E-state index contributed by atoms with van der Waals surface area (Å²) in [7, 11) is 1.77. The minimum absolute atomic E-state index is 0.122. The molecule has 0 amide bonds. The Kier molecular flexibility index (Phi) is 2.36. The summed E-state index contributed by atoms with van der Waals surface area (Å²) < 4.78 is 1.68. The van der Waals surface area contributed by atoms with E-state index >= 15 is 0 Å². The first-order valence-corrected chi connectivity index (χ1v) is 5.24. The number of hydrogen-bond acceptors (Lipinski definition) is 5. The fourth-order valence-corrected chi connectivity index (χ4v) is 1.89. The zero-order valence-corrected chi connectivity index (χ0v) is 9.50. The maximum absolute atomic E-state index is 11.9. The summed E-state index contributed by atoms with van der Waals surface area (Å²) in [5, 5.41) is 8.56.